The van der Waals surface area contributed by atoms with Crippen molar-refractivity contribution in [3.63, 3.8) is 0 Å². The fourth-order valence-electron chi connectivity index (χ4n) is 3.92. The maximum atomic E-state index is 12.6. The Morgan fingerprint density at radius 1 is 1.15 bits per heavy atom. The van der Waals surface area contributed by atoms with Crippen LogP contribution in [0, 0.1) is 17.8 Å². The summed E-state index contributed by atoms with van der Waals surface area (Å²) >= 11 is 0. The predicted octanol–water partition coefficient (Wildman–Crippen LogP) is 2.37. The van der Waals surface area contributed by atoms with Crippen molar-refractivity contribution in [3.8, 4) is 5.69 Å². The number of carboxylic acids is 1. The van der Waals surface area contributed by atoms with Crippen LogP contribution in [0.15, 0.2) is 42.7 Å². The minimum Gasteiger partial charge on any atom is -0.481 e. The van der Waals surface area contributed by atoms with Crippen LogP contribution >= 0.6 is 0 Å². The summed E-state index contributed by atoms with van der Waals surface area (Å²) < 4.78 is 1.80. The first-order chi connectivity index (χ1) is 12.6. The highest BCUT2D eigenvalue weighted by molar-refractivity contribution is 5.79. The van der Waals surface area contributed by atoms with Gasteiger partial charge in [-0.05, 0) is 48.8 Å². The number of aliphatic carboxylic acids is 1. The van der Waals surface area contributed by atoms with Gasteiger partial charge in [0, 0.05) is 25.7 Å². The highest BCUT2D eigenvalue weighted by atomic mass is 16.4. The average molecular weight is 353 g/mol. The molecule has 1 aromatic heterocycles. The van der Waals surface area contributed by atoms with E-state index in [0.717, 1.165) is 24.1 Å². The van der Waals surface area contributed by atoms with Crippen molar-refractivity contribution in [1.82, 2.24) is 14.7 Å². The first-order valence-corrected chi connectivity index (χ1v) is 9.21. The van der Waals surface area contributed by atoms with Gasteiger partial charge in [0.2, 0.25) is 5.91 Å². The smallest absolute Gasteiger partial charge is 0.308 e. The minimum atomic E-state index is -0.763. The second-order valence-corrected chi connectivity index (χ2v) is 7.37. The lowest BCUT2D eigenvalue weighted by atomic mass is 9.92. The zero-order chi connectivity index (χ0) is 18.1. The van der Waals surface area contributed by atoms with Gasteiger partial charge in [0.15, 0.2) is 0 Å². The van der Waals surface area contributed by atoms with Gasteiger partial charge in [-0.3, -0.25) is 9.59 Å². The van der Waals surface area contributed by atoms with Crippen molar-refractivity contribution in [2.45, 2.75) is 25.7 Å². The molecule has 2 aliphatic rings. The van der Waals surface area contributed by atoms with E-state index in [1.165, 1.54) is 0 Å². The van der Waals surface area contributed by atoms with E-state index in [2.05, 4.69) is 5.10 Å². The Kier molecular flexibility index (Phi) is 4.49. The third-order valence-corrected chi connectivity index (χ3v) is 5.55. The zero-order valence-electron chi connectivity index (χ0n) is 14.6. The summed E-state index contributed by atoms with van der Waals surface area (Å²) in [5, 5.41) is 13.8. The molecule has 0 unspecified atom stereocenters. The summed E-state index contributed by atoms with van der Waals surface area (Å²) in [7, 11) is 0. The molecular formula is C20H23N3O3. The van der Waals surface area contributed by atoms with Crippen molar-refractivity contribution < 1.29 is 14.7 Å². The number of hydrogen-bond acceptors (Lipinski definition) is 3. The van der Waals surface area contributed by atoms with Gasteiger partial charge < -0.3 is 10.0 Å². The number of amides is 1. The average Bonchev–Trinajstić information content (AvgIpc) is 3.21. The van der Waals surface area contributed by atoms with E-state index in [1.807, 2.05) is 36.5 Å². The number of carboxylic acid groups (broad SMARTS) is 1. The molecule has 0 spiro atoms. The van der Waals surface area contributed by atoms with Crippen LogP contribution in [0.5, 0.6) is 0 Å². The van der Waals surface area contributed by atoms with Gasteiger partial charge in [-0.2, -0.15) is 5.10 Å². The standard InChI is InChI=1S/C20H23N3O3/c24-19(22-12-17(15-7-8-15)18(13-22)20(25)26)9-6-14-10-21-23(11-14)16-4-2-1-3-5-16/h1-5,10-11,15,17-18H,6-9,12-13H2,(H,25,26)/t17-,18+/m1/s1. The molecule has 6 nitrogen and oxygen atoms in total. The summed E-state index contributed by atoms with van der Waals surface area (Å²) in [4.78, 5) is 25.8. The number of carbonyl (C=O) groups is 2. The minimum absolute atomic E-state index is 0.0480. The highest BCUT2D eigenvalue weighted by Crippen LogP contribution is 2.44. The number of carbonyl (C=O) groups excluding carboxylic acids is 1. The third kappa shape index (κ3) is 3.49. The molecule has 1 N–H and O–H groups in total. The number of nitrogens with zero attached hydrogens (tertiary/aromatic N) is 3. The molecule has 1 amide bonds. The van der Waals surface area contributed by atoms with Crippen LogP contribution in [-0.4, -0.2) is 44.8 Å². The van der Waals surface area contributed by atoms with Crippen molar-refractivity contribution in [3.05, 3.63) is 48.3 Å². The topological polar surface area (TPSA) is 75.4 Å². The summed E-state index contributed by atoms with van der Waals surface area (Å²) in [5.74, 6) is -0.476. The molecule has 0 bridgehead atoms. The second kappa shape index (κ2) is 6.94. The number of aromatic nitrogens is 2. The molecule has 1 aliphatic heterocycles. The first kappa shape index (κ1) is 16.8. The lowest BCUT2D eigenvalue weighted by molar-refractivity contribution is -0.142. The van der Waals surface area contributed by atoms with Crippen molar-refractivity contribution in [2.24, 2.45) is 17.8 Å². The quantitative estimate of drug-likeness (QED) is 0.865. The lowest BCUT2D eigenvalue weighted by Gasteiger charge is -2.16. The molecule has 1 aliphatic carbocycles. The van der Waals surface area contributed by atoms with E-state index in [1.54, 1.807) is 15.8 Å². The van der Waals surface area contributed by atoms with Crippen LogP contribution in [0.3, 0.4) is 0 Å². The molecule has 2 atom stereocenters. The molecule has 1 saturated carbocycles. The van der Waals surface area contributed by atoms with Crippen molar-refractivity contribution in [1.29, 1.82) is 0 Å². The fraction of sp³-hybridized carbons (Fsp3) is 0.450. The molecule has 2 heterocycles. The van der Waals surface area contributed by atoms with Gasteiger partial charge in [-0.1, -0.05) is 18.2 Å². The Bertz CT molecular complexity index is 798. The molecule has 136 valence electrons. The Morgan fingerprint density at radius 2 is 1.92 bits per heavy atom. The van der Waals surface area contributed by atoms with Crippen molar-refractivity contribution >= 4 is 11.9 Å². The van der Waals surface area contributed by atoms with Gasteiger partial charge in [-0.25, -0.2) is 4.68 Å². The van der Waals surface area contributed by atoms with Gasteiger partial charge in [0.1, 0.15) is 0 Å². The molecule has 2 aromatic rings. The molecular weight excluding hydrogens is 330 g/mol. The van der Waals surface area contributed by atoms with Crippen LogP contribution in [0.4, 0.5) is 0 Å². The Morgan fingerprint density at radius 3 is 2.62 bits per heavy atom. The molecule has 2 fully saturated rings. The highest BCUT2D eigenvalue weighted by Gasteiger charge is 2.46. The summed E-state index contributed by atoms with van der Waals surface area (Å²) in [6.07, 6.45) is 6.96. The summed E-state index contributed by atoms with van der Waals surface area (Å²) in [6, 6.07) is 9.85. The normalized spacial score (nSPS) is 22.5. The zero-order valence-corrected chi connectivity index (χ0v) is 14.6. The number of likely N-dealkylation sites (tertiary alicyclic amines) is 1. The van der Waals surface area contributed by atoms with Crippen LogP contribution in [0.2, 0.25) is 0 Å². The van der Waals surface area contributed by atoms with E-state index in [4.69, 9.17) is 0 Å². The van der Waals surface area contributed by atoms with Crippen LogP contribution in [-0.2, 0) is 16.0 Å². The molecule has 0 radical (unpaired) electrons. The summed E-state index contributed by atoms with van der Waals surface area (Å²) in [6.45, 7) is 0.961. The SMILES string of the molecule is O=C(O)[C@H]1CN(C(=O)CCc2cnn(-c3ccccc3)c2)C[C@@H]1C1CC1. The van der Waals surface area contributed by atoms with E-state index in [-0.39, 0.29) is 11.8 Å². The second-order valence-electron chi connectivity index (χ2n) is 7.37. The van der Waals surface area contributed by atoms with Crippen LogP contribution in [0.1, 0.15) is 24.8 Å². The molecule has 4 rings (SSSR count). The molecule has 6 heteroatoms. The largest absolute Gasteiger partial charge is 0.481 e. The number of para-hydroxylation sites is 1. The van der Waals surface area contributed by atoms with Crippen LogP contribution in [0.25, 0.3) is 5.69 Å². The number of benzene rings is 1. The predicted molar refractivity (Wildman–Crippen MR) is 95.8 cm³/mol. The summed E-state index contributed by atoms with van der Waals surface area (Å²) in [5.41, 5.74) is 2.00. The Hall–Kier alpha value is -2.63. The fourth-order valence-corrected chi connectivity index (χ4v) is 3.92. The van der Waals surface area contributed by atoms with Gasteiger partial charge >= 0.3 is 5.97 Å². The number of rotatable bonds is 6. The maximum Gasteiger partial charge on any atom is 0.308 e. The maximum absolute atomic E-state index is 12.6. The number of aryl methyl sites for hydroxylation is 1. The lowest BCUT2D eigenvalue weighted by Crippen LogP contribution is -2.30. The molecule has 1 aromatic carbocycles. The first-order valence-electron chi connectivity index (χ1n) is 9.21. The van der Waals surface area contributed by atoms with Crippen molar-refractivity contribution in [2.75, 3.05) is 13.1 Å². The van der Waals surface area contributed by atoms with E-state index in [9.17, 15) is 14.7 Å². The van der Waals surface area contributed by atoms with Gasteiger partial charge in [-0.15, -0.1) is 0 Å². The number of hydrogen-bond donors (Lipinski definition) is 1. The Balaban J connectivity index is 1.34. The van der Waals surface area contributed by atoms with Gasteiger partial charge in [0.05, 0.1) is 17.8 Å². The van der Waals surface area contributed by atoms with Gasteiger partial charge in [0.25, 0.3) is 0 Å². The van der Waals surface area contributed by atoms with E-state index in [0.29, 0.717) is 31.8 Å². The third-order valence-electron chi connectivity index (χ3n) is 5.55. The monoisotopic (exact) mass is 353 g/mol. The van der Waals surface area contributed by atoms with E-state index >= 15 is 0 Å². The molecule has 1 saturated heterocycles. The Labute approximate surface area is 152 Å². The molecule has 26 heavy (non-hydrogen) atoms. The van der Waals surface area contributed by atoms with Crippen LogP contribution < -0.4 is 0 Å². The van der Waals surface area contributed by atoms with E-state index < -0.39 is 11.9 Å².